The van der Waals surface area contributed by atoms with Gasteiger partial charge in [0.25, 0.3) is 5.56 Å². The molecule has 0 unspecified atom stereocenters. The van der Waals surface area contributed by atoms with Gasteiger partial charge in [0.1, 0.15) is 0 Å². The molecule has 0 bridgehead atoms. The SMILES string of the molecule is Cc1ccc(-n2c(-c3ccc(Br)cc3)csc2=Nc2c(C)n(C)n(-c3ccccc3)c2=O)cc1. The smallest absolute Gasteiger partial charge is 0.285 e. The number of rotatable bonds is 4. The van der Waals surface area contributed by atoms with Crippen molar-refractivity contribution in [2.24, 2.45) is 12.0 Å². The lowest BCUT2D eigenvalue weighted by molar-refractivity contribution is 0.630. The number of benzene rings is 3. The van der Waals surface area contributed by atoms with Gasteiger partial charge in [-0.25, -0.2) is 9.67 Å². The lowest BCUT2D eigenvalue weighted by Crippen LogP contribution is -2.20. The Morgan fingerprint density at radius 2 is 1.53 bits per heavy atom. The van der Waals surface area contributed by atoms with Gasteiger partial charge in [-0.1, -0.05) is 64.0 Å². The summed E-state index contributed by atoms with van der Waals surface area (Å²) in [6, 6.07) is 26.2. The van der Waals surface area contributed by atoms with E-state index in [1.54, 1.807) is 4.68 Å². The average Bonchev–Trinajstić information content (AvgIpc) is 3.35. The molecule has 0 fully saturated rings. The molecule has 0 saturated carbocycles. The molecule has 0 atom stereocenters. The molecule has 0 aliphatic carbocycles. The van der Waals surface area contributed by atoms with Gasteiger partial charge in [-0.05, 0) is 55.8 Å². The molecule has 0 radical (unpaired) electrons. The highest BCUT2D eigenvalue weighted by molar-refractivity contribution is 9.10. The van der Waals surface area contributed by atoms with Crippen molar-refractivity contribution in [2.45, 2.75) is 13.8 Å². The van der Waals surface area contributed by atoms with Crippen LogP contribution < -0.4 is 10.4 Å². The molecule has 2 aromatic heterocycles. The zero-order valence-electron chi connectivity index (χ0n) is 19.1. The van der Waals surface area contributed by atoms with Crippen molar-refractivity contribution in [1.82, 2.24) is 13.9 Å². The number of thiazole rings is 1. The highest BCUT2D eigenvalue weighted by Crippen LogP contribution is 2.26. The predicted octanol–water partition coefficient (Wildman–Crippen LogP) is 6.31. The Morgan fingerprint density at radius 3 is 2.21 bits per heavy atom. The van der Waals surface area contributed by atoms with E-state index in [4.69, 9.17) is 4.99 Å². The first-order chi connectivity index (χ1) is 16.4. The summed E-state index contributed by atoms with van der Waals surface area (Å²) >= 11 is 5.05. The van der Waals surface area contributed by atoms with Crippen LogP contribution in [0.15, 0.2) is 98.5 Å². The van der Waals surface area contributed by atoms with Gasteiger partial charge >= 0.3 is 0 Å². The van der Waals surface area contributed by atoms with Crippen molar-refractivity contribution >= 4 is 33.0 Å². The Kier molecular flexibility index (Phi) is 5.98. The number of nitrogens with zero attached hydrogens (tertiary/aromatic N) is 4. The summed E-state index contributed by atoms with van der Waals surface area (Å²) in [5.74, 6) is 0. The van der Waals surface area contributed by atoms with E-state index in [9.17, 15) is 4.79 Å². The second-order valence-electron chi connectivity index (χ2n) is 8.10. The minimum atomic E-state index is -0.139. The van der Waals surface area contributed by atoms with E-state index >= 15 is 0 Å². The lowest BCUT2D eigenvalue weighted by atomic mass is 10.1. The topological polar surface area (TPSA) is 44.2 Å². The van der Waals surface area contributed by atoms with Crippen LogP contribution in [0.5, 0.6) is 0 Å². The van der Waals surface area contributed by atoms with Gasteiger partial charge in [0.15, 0.2) is 10.5 Å². The second-order valence-corrected chi connectivity index (χ2v) is 9.86. The van der Waals surface area contributed by atoms with Gasteiger partial charge in [0.2, 0.25) is 0 Å². The van der Waals surface area contributed by atoms with Crippen LogP contribution in [0.25, 0.3) is 22.6 Å². The van der Waals surface area contributed by atoms with Gasteiger partial charge < -0.3 is 0 Å². The summed E-state index contributed by atoms with van der Waals surface area (Å²) in [4.78, 5) is 19.1. The number of para-hydroxylation sites is 1. The third kappa shape index (κ3) is 4.02. The van der Waals surface area contributed by atoms with Crippen LogP contribution in [-0.2, 0) is 7.05 Å². The number of aryl methyl sites for hydroxylation is 1. The van der Waals surface area contributed by atoms with Crippen LogP contribution in [0.2, 0.25) is 0 Å². The highest BCUT2D eigenvalue weighted by atomic mass is 79.9. The average molecular weight is 531 g/mol. The van der Waals surface area contributed by atoms with Gasteiger partial charge in [0.05, 0.1) is 17.1 Å². The van der Waals surface area contributed by atoms with Crippen LogP contribution >= 0.6 is 27.3 Å². The van der Waals surface area contributed by atoms with E-state index in [1.165, 1.54) is 16.9 Å². The maximum atomic E-state index is 13.5. The third-order valence-corrected chi connectivity index (χ3v) is 7.23. The molecular weight excluding hydrogens is 508 g/mol. The Bertz CT molecular complexity index is 1590. The summed E-state index contributed by atoms with van der Waals surface area (Å²) in [5, 5.41) is 2.09. The Morgan fingerprint density at radius 1 is 0.853 bits per heavy atom. The summed E-state index contributed by atoms with van der Waals surface area (Å²) < 4.78 is 6.66. The first kappa shape index (κ1) is 22.4. The predicted molar refractivity (Wildman–Crippen MR) is 142 cm³/mol. The summed E-state index contributed by atoms with van der Waals surface area (Å²) in [7, 11) is 1.89. The molecule has 5 nitrogen and oxygen atoms in total. The monoisotopic (exact) mass is 530 g/mol. The van der Waals surface area contributed by atoms with Crippen LogP contribution in [0.1, 0.15) is 11.3 Å². The number of aromatic nitrogens is 3. The third-order valence-electron chi connectivity index (χ3n) is 5.87. The van der Waals surface area contributed by atoms with E-state index in [-0.39, 0.29) is 5.56 Å². The van der Waals surface area contributed by atoms with Crippen LogP contribution in [0, 0.1) is 13.8 Å². The molecule has 0 amide bonds. The summed E-state index contributed by atoms with van der Waals surface area (Å²) in [6.45, 7) is 4.00. The molecule has 5 aromatic rings. The fourth-order valence-electron chi connectivity index (χ4n) is 3.93. The van der Waals surface area contributed by atoms with Crippen LogP contribution in [-0.4, -0.2) is 13.9 Å². The van der Waals surface area contributed by atoms with Crippen LogP contribution in [0.3, 0.4) is 0 Å². The molecule has 0 aliphatic heterocycles. The van der Waals surface area contributed by atoms with Gasteiger partial charge in [0, 0.05) is 22.6 Å². The molecule has 5 rings (SSSR count). The minimum Gasteiger partial charge on any atom is -0.285 e. The van der Waals surface area contributed by atoms with Crippen molar-refractivity contribution in [3.05, 3.63) is 115 Å². The molecular formula is C27H23BrN4OS. The van der Waals surface area contributed by atoms with Gasteiger partial charge in [-0.15, -0.1) is 11.3 Å². The van der Waals surface area contributed by atoms with Crippen molar-refractivity contribution < 1.29 is 0 Å². The molecule has 34 heavy (non-hydrogen) atoms. The van der Waals surface area contributed by atoms with Gasteiger partial charge in [-0.3, -0.25) is 14.0 Å². The molecule has 7 heteroatoms. The highest BCUT2D eigenvalue weighted by Gasteiger charge is 2.17. The fraction of sp³-hybridized carbons (Fsp3) is 0.111. The van der Waals surface area contributed by atoms with E-state index in [2.05, 4.69) is 69.2 Å². The van der Waals surface area contributed by atoms with Crippen molar-refractivity contribution in [3.63, 3.8) is 0 Å². The maximum absolute atomic E-state index is 13.5. The number of hydrogen-bond donors (Lipinski definition) is 0. The van der Waals surface area contributed by atoms with Crippen LogP contribution in [0.4, 0.5) is 5.69 Å². The summed E-state index contributed by atoms with van der Waals surface area (Å²) in [6.07, 6.45) is 0. The first-order valence-corrected chi connectivity index (χ1v) is 12.5. The minimum absolute atomic E-state index is 0.139. The van der Waals surface area contributed by atoms with E-state index < -0.39 is 0 Å². The zero-order chi connectivity index (χ0) is 23.8. The normalized spacial score (nSPS) is 11.8. The molecule has 0 saturated heterocycles. The first-order valence-electron chi connectivity index (χ1n) is 10.9. The Hall–Kier alpha value is -3.42. The van der Waals surface area contributed by atoms with Gasteiger partial charge in [-0.2, -0.15) is 0 Å². The Labute approximate surface area is 210 Å². The molecule has 170 valence electrons. The van der Waals surface area contributed by atoms with Crippen molar-refractivity contribution in [2.75, 3.05) is 0 Å². The molecule has 0 N–H and O–H groups in total. The molecule has 2 heterocycles. The van der Waals surface area contributed by atoms with Crippen molar-refractivity contribution in [3.8, 4) is 22.6 Å². The van der Waals surface area contributed by atoms with E-state index in [0.717, 1.165) is 37.6 Å². The number of hydrogen-bond acceptors (Lipinski definition) is 3. The fourth-order valence-corrected chi connectivity index (χ4v) is 5.11. The molecule has 0 aliphatic rings. The maximum Gasteiger partial charge on any atom is 0.297 e. The van der Waals surface area contributed by atoms with E-state index in [1.807, 2.05) is 61.1 Å². The largest absolute Gasteiger partial charge is 0.297 e. The summed E-state index contributed by atoms with van der Waals surface area (Å²) in [5.41, 5.74) is 6.21. The Balaban J connectivity index is 1.76. The van der Waals surface area contributed by atoms with E-state index in [0.29, 0.717) is 5.69 Å². The number of halogens is 1. The molecule has 3 aromatic carbocycles. The van der Waals surface area contributed by atoms with Crippen molar-refractivity contribution in [1.29, 1.82) is 0 Å². The lowest BCUT2D eigenvalue weighted by Gasteiger charge is -2.10. The zero-order valence-corrected chi connectivity index (χ0v) is 21.5. The second kappa shape index (κ2) is 9.08. The standard InChI is InChI=1S/C27H23BrN4OS/c1-18-9-15-22(16-10-18)31-24(20-11-13-21(28)14-12-20)17-34-27(31)29-25-19(2)30(3)32(26(25)33)23-7-5-4-6-8-23/h4-17H,1-3H3. The molecule has 0 spiro atoms. The quantitative estimate of drug-likeness (QED) is 0.268.